The molecule has 0 saturated carbocycles. The van der Waals surface area contributed by atoms with Gasteiger partial charge in [-0.3, -0.25) is 9.59 Å². The molecule has 4 atom stereocenters. The fourth-order valence-electron chi connectivity index (χ4n) is 4.36. The van der Waals surface area contributed by atoms with Gasteiger partial charge in [0.1, 0.15) is 23.4 Å². The monoisotopic (exact) mass is 547 g/mol. The number of phenolic OH excluding ortho intramolecular Hbond substituents is 1. The van der Waals surface area contributed by atoms with Crippen LogP contribution in [0.5, 0.6) is 5.75 Å². The molecule has 1 aromatic rings. The number of benzene rings is 1. The molecule has 3 amide bonds. The van der Waals surface area contributed by atoms with Gasteiger partial charge in [-0.05, 0) is 89.0 Å². The van der Waals surface area contributed by atoms with E-state index in [1.54, 1.807) is 50.8 Å². The van der Waals surface area contributed by atoms with Crippen LogP contribution in [-0.4, -0.2) is 52.1 Å². The van der Waals surface area contributed by atoms with Crippen LogP contribution in [0.15, 0.2) is 18.2 Å². The van der Waals surface area contributed by atoms with Crippen LogP contribution in [0.1, 0.15) is 112 Å². The van der Waals surface area contributed by atoms with Gasteiger partial charge in [0.05, 0.1) is 0 Å². The Morgan fingerprint density at radius 1 is 1.05 bits per heavy atom. The number of alkyl carbamates (subject to hydrolysis) is 1. The predicted molar refractivity (Wildman–Crippen MR) is 156 cm³/mol. The minimum Gasteiger partial charge on any atom is -0.508 e. The summed E-state index contributed by atoms with van der Waals surface area (Å²) >= 11 is 0. The third kappa shape index (κ3) is 11.1. The topological polar surface area (TPSA) is 108 Å². The highest BCUT2D eigenvalue weighted by atomic mass is 16.6. The van der Waals surface area contributed by atoms with Crippen molar-refractivity contribution < 1.29 is 24.2 Å². The number of carbonyl (C=O) groups excluding carboxylic acids is 3. The molecule has 1 rings (SSSR count). The number of phenols is 1. The average Bonchev–Trinajstić information content (AvgIpc) is 2.84. The summed E-state index contributed by atoms with van der Waals surface area (Å²) in [7, 11) is 0. The average molecular weight is 548 g/mol. The van der Waals surface area contributed by atoms with E-state index in [-0.39, 0.29) is 29.5 Å². The van der Waals surface area contributed by atoms with Crippen molar-refractivity contribution in [2.75, 3.05) is 6.54 Å². The summed E-state index contributed by atoms with van der Waals surface area (Å²) in [6.45, 7) is 19.7. The summed E-state index contributed by atoms with van der Waals surface area (Å²) in [6.07, 6.45) is 3.29. The molecule has 0 bridgehead atoms. The molecule has 4 unspecified atom stereocenters. The van der Waals surface area contributed by atoms with Crippen molar-refractivity contribution in [2.45, 2.75) is 125 Å². The number of unbranched alkanes of at least 4 members (excludes halogenated alkanes) is 1. The van der Waals surface area contributed by atoms with Gasteiger partial charge in [-0.25, -0.2) is 4.79 Å². The first kappa shape index (κ1) is 34.3. The molecule has 0 radical (unpaired) electrons. The SMILES string of the molecule is CCCCNC(=O)C(c1ccc(O)c(C)c1)N(C(=O)C(NC(=O)OC(C)(C)C)C(C)CC)C(C)CCC(C)C. The lowest BCUT2D eigenvalue weighted by Gasteiger charge is -2.40. The number of hydrogen-bond acceptors (Lipinski definition) is 5. The van der Waals surface area contributed by atoms with Crippen LogP contribution in [0.3, 0.4) is 0 Å². The van der Waals surface area contributed by atoms with Gasteiger partial charge in [0.2, 0.25) is 11.8 Å². The highest BCUT2D eigenvalue weighted by Gasteiger charge is 2.40. The Morgan fingerprint density at radius 3 is 2.21 bits per heavy atom. The molecule has 222 valence electrons. The lowest BCUT2D eigenvalue weighted by Crippen LogP contribution is -2.57. The van der Waals surface area contributed by atoms with E-state index in [9.17, 15) is 19.5 Å². The van der Waals surface area contributed by atoms with E-state index < -0.39 is 23.8 Å². The number of rotatable bonds is 14. The second kappa shape index (κ2) is 15.7. The summed E-state index contributed by atoms with van der Waals surface area (Å²) in [5.41, 5.74) is 0.512. The van der Waals surface area contributed by atoms with Crippen molar-refractivity contribution in [1.29, 1.82) is 0 Å². The van der Waals surface area contributed by atoms with E-state index in [1.165, 1.54) is 0 Å². The zero-order chi connectivity index (χ0) is 29.9. The highest BCUT2D eigenvalue weighted by molar-refractivity contribution is 5.92. The van der Waals surface area contributed by atoms with Gasteiger partial charge in [-0.2, -0.15) is 0 Å². The zero-order valence-corrected chi connectivity index (χ0v) is 25.9. The molecule has 8 heteroatoms. The summed E-state index contributed by atoms with van der Waals surface area (Å²) in [6, 6.07) is 2.92. The minimum atomic E-state index is -0.928. The Bertz CT molecular complexity index is 941. The Morgan fingerprint density at radius 2 is 1.69 bits per heavy atom. The maximum atomic E-state index is 14.5. The Balaban J connectivity index is 3.66. The summed E-state index contributed by atoms with van der Waals surface area (Å²) < 4.78 is 5.49. The van der Waals surface area contributed by atoms with Crippen molar-refractivity contribution in [3.63, 3.8) is 0 Å². The molecule has 8 nitrogen and oxygen atoms in total. The van der Waals surface area contributed by atoms with Gasteiger partial charge in [-0.15, -0.1) is 0 Å². The number of hydrogen-bond donors (Lipinski definition) is 3. The smallest absolute Gasteiger partial charge is 0.408 e. The largest absolute Gasteiger partial charge is 0.508 e. The van der Waals surface area contributed by atoms with Crippen LogP contribution < -0.4 is 10.6 Å². The lowest BCUT2D eigenvalue weighted by molar-refractivity contribution is -0.146. The molecule has 1 aromatic carbocycles. The Hall–Kier alpha value is -2.77. The second-order valence-electron chi connectivity index (χ2n) is 12.2. The van der Waals surface area contributed by atoms with Crippen molar-refractivity contribution in [1.82, 2.24) is 15.5 Å². The molecule has 0 heterocycles. The van der Waals surface area contributed by atoms with E-state index in [0.717, 1.165) is 19.3 Å². The van der Waals surface area contributed by atoms with E-state index in [4.69, 9.17) is 4.74 Å². The standard InChI is InChI=1S/C31H53N3O5/c1-11-13-18-32-28(36)27(24-16-17-25(35)22(6)19-24)34(23(7)15-14-20(3)4)29(37)26(21(5)12-2)33-30(38)39-31(8,9)10/h16-17,19-21,23,26-27,35H,11-15,18H2,1-10H3,(H,32,36)(H,33,38). The van der Waals surface area contributed by atoms with Crippen molar-refractivity contribution in [3.05, 3.63) is 29.3 Å². The number of aromatic hydroxyl groups is 1. The van der Waals surface area contributed by atoms with E-state index in [0.29, 0.717) is 36.4 Å². The fraction of sp³-hybridized carbons (Fsp3) is 0.710. The number of ether oxygens (including phenoxy) is 1. The molecular formula is C31H53N3O5. The Kier molecular flexibility index (Phi) is 13.8. The lowest BCUT2D eigenvalue weighted by atomic mass is 9.92. The minimum absolute atomic E-state index is 0.124. The summed E-state index contributed by atoms with van der Waals surface area (Å²) in [5, 5.41) is 16.0. The van der Waals surface area contributed by atoms with Gasteiger partial charge in [0.25, 0.3) is 0 Å². The Labute approximate surface area is 236 Å². The van der Waals surface area contributed by atoms with Crippen LogP contribution in [0.2, 0.25) is 0 Å². The van der Waals surface area contributed by atoms with Crippen molar-refractivity contribution >= 4 is 17.9 Å². The second-order valence-corrected chi connectivity index (χ2v) is 12.2. The maximum Gasteiger partial charge on any atom is 0.408 e. The molecule has 39 heavy (non-hydrogen) atoms. The first-order valence-electron chi connectivity index (χ1n) is 14.5. The molecule has 0 aliphatic carbocycles. The number of amides is 3. The van der Waals surface area contributed by atoms with E-state index in [1.807, 2.05) is 20.8 Å². The van der Waals surface area contributed by atoms with Crippen LogP contribution in [0, 0.1) is 18.8 Å². The van der Waals surface area contributed by atoms with Crippen LogP contribution in [0.4, 0.5) is 4.79 Å². The van der Waals surface area contributed by atoms with Gasteiger partial charge in [0, 0.05) is 12.6 Å². The van der Waals surface area contributed by atoms with Gasteiger partial charge < -0.3 is 25.4 Å². The predicted octanol–water partition coefficient (Wildman–Crippen LogP) is 6.25. The molecule has 0 fully saturated rings. The van der Waals surface area contributed by atoms with Gasteiger partial charge in [0.15, 0.2) is 0 Å². The van der Waals surface area contributed by atoms with E-state index >= 15 is 0 Å². The summed E-state index contributed by atoms with van der Waals surface area (Å²) in [5.74, 6) is -0.262. The third-order valence-electron chi connectivity index (χ3n) is 6.94. The van der Waals surface area contributed by atoms with Crippen LogP contribution in [-0.2, 0) is 14.3 Å². The molecule has 3 N–H and O–H groups in total. The number of carbonyl (C=O) groups is 3. The highest BCUT2D eigenvalue weighted by Crippen LogP contribution is 2.31. The number of nitrogens with one attached hydrogen (secondary N) is 2. The fourth-order valence-corrected chi connectivity index (χ4v) is 4.36. The first-order valence-corrected chi connectivity index (χ1v) is 14.5. The van der Waals surface area contributed by atoms with Gasteiger partial charge in [-0.1, -0.05) is 53.5 Å². The molecular weight excluding hydrogens is 494 g/mol. The van der Waals surface area contributed by atoms with Crippen molar-refractivity contribution in [3.8, 4) is 5.75 Å². The van der Waals surface area contributed by atoms with Crippen molar-refractivity contribution in [2.24, 2.45) is 11.8 Å². The summed E-state index contributed by atoms with van der Waals surface area (Å²) in [4.78, 5) is 42.7. The maximum absolute atomic E-state index is 14.5. The molecule has 0 saturated heterocycles. The zero-order valence-electron chi connectivity index (χ0n) is 25.9. The molecule has 0 aromatic heterocycles. The van der Waals surface area contributed by atoms with Crippen LogP contribution in [0.25, 0.3) is 0 Å². The number of aryl methyl sites for hydroxylation is 1. The normalized spacial score (nSPS) is 14.7. The molecule has 0 spiro atoms. The van der Waals surface area contributed by atoms with Gasteiger partial charge >= 0.3 is 6.09 Å². The third-order valence-corrected chi connectivity index (χ3v) is 6.94. The quantitative estimate of drug-likeness (QED) is 0.239. The first-order chi connectivity index (χ1) is 18.1. The molecule has 0 aliphatic heterocycles. The van der Waals surface area contributed by atoms with Crippen LogP contribution >= 0.6 is 0 Å². The number of nitrogens with zero attached hydrogens (tertiary/aromatic N) is 1. The van der Waals surface area contributed by atoms with E-state index in [2.05, 4.69) is 31.4 Å². The molecule has 0 aliphatic rings.